The molecular weight excluding hydrogens is 337 g/mol. The second-order valence-electron chi connectivity index (χ2n) is 5.83. The number of aromatic amines is 1. The maximum absolute atomic E-state index is 12.7. The van der Waals surface area contributed by atoms with E-state index in [9.17, 15) is 22.8 Å². The van der Waals surface area contributed by atoms with Gasteiger partial charge in [0.2, 0.25) is 11.8 Å². The summed E-state index contributed by atoms with van der Waals surface area (Å²) in [7, 11) is 0. The number of hydrogen-bond acceptors (Lipinski definition) is 3. The highest BCUT2D eigenvalue weighted by Gasteiger charge is 2.42. The van der Waals surface area contributed by atoms with Crippen molar-refractivity contribution in [2.24, 2.45) is 5.92 Å². The molecule has 1 rings (SSSR count). The molecular formula is C16H23F3N4O2. The molecule has 0 saturated heterocycles. The summed E-state index contributed by atoms with van der Waals surface area (Å²) in [6.07, 6.45) is -0.206. The zero-order chi connectivity index (χ0) is 19.2. The number of nitrogens with zero attached hydrogens (tertiary/aromatic N) is 2. The van der Waals surface area contributed by atoms with E-state index in [2.05, 4.69) is 15.3 Å². The van der Waals surface area contributed by atoms with E-state index in [1.165, 1.54) is 12.2 Å². The number of halogens is 3. The molecule has 0 radical (unpaired) electrons. The van der Waals surface area contributed by atoms with Crippen molar-refractivity contribution in [3.63, 3.8) is 0 Å². The van der Waals surface area contributed by atoms with Gasteiger partial charge >= 0.3 is 6.18 Å². The molecule has 0 aliphatic heterocycles. The molecule has 2 atom stereocenters. The summed E-state index contributed by atoms with van der Waals surface area (Å²) < 4.78 is 38.0. The second-order valence-corrected chi connectivity index (χ2v) is 5.83. The van der Waals surface area contributed by atoms with Crippen LogP contribution in [0.2, 0.25) is 0 Å². The molecule has 0 aliphatic rings. The first kappa shape index (κ1) is 20.7. The molecule has 2 N–H and O–H groups in total. The lowest BCUT2D eigenvalue weighted by molar-refractivity contribution is -0.185. The molecule has 0 bridgehead atoms. The molecule has 1 aromatic heterocycles. The van der Waals surface area contributed by atoms with Crippen LogP contribution >= 0.6 is 0 Å². The summed E-state index contributed by atoms with van der Waals surface area (Å²) in [5.41, 5.74) is 0.851. The van der Waals surface area contributed by atoms with E-state index in [4.69, 9.17) is 0 Å². The molecule has 2 amide bonds. The normalized spacial score (nSPS) is 14.4. The Morgan fingerprint density at radius 2 is 2.04 bits per heavy atom. The van der Waals surface area contributed by atoms with Gasteiger partial charge in [-0.3, -0.25) is 9.59 Å². The quantitative estimate of drug-likeness (QED) is 0.733. The highest BCUT2D eigenvalue weighted by molar-refractivity contribution is 5.91. The van der Waals surface area contributed by atoms with Crippen LogP contribution in [0.3, 0.4) is 0 Å². The molecule has 9 heteroatoms. The highest BCUT2D eigenvalue weighted by Crippen LogP contribution is 2.27. The maximum atomic E-state index is 12.7. The smallest absolute Gasteiger partial charge is 0.348 e. The number of H-pyrrole nitrogens is 1. The summed E-state index contributed by atoms with van der Waals surface area (Å²) >= 11 is 0. The minimum atomic E-state index is -4.58. The largest absolute Gasteiger partial charge is 0.400 e. The number of imidazole rings is 1. The molecule has 0 saturated carbocycles. The van der Waals surface area contributed by atoms with Gasteiger partial charge in [0.15, 0.2) is 0 Å². The van der Waals surface area contributed by atoms with E-state index in [1.807, 2.05) is 6.92 Å². The van der Waals surface area contributed by atoms with Gasteiger partial charge in [0.25, 0.3) is 0 Å². The van der Waals surface area contributed by atoms with Gasteiger partial charge in [-0.05, 0) is 33.8 Å². The first-order chi connectivity index (χ1) is 11.5. The number of nitrogens with one attached hydrogen (secondary N) is 2. The van der Waals surface area contributed by atoms with E-state index in [1.54, 1.807) is 20.0 Å². The van der Waals surface area contributed by atoms with E-state index < -0.39 is 30.0 Å². The number of aryl methyl sites for hydroxylation is 1. The lowest BCUT2D eigenvalue weighted by Crippen LogP contribution is -2.47. The van der Waals surface area contributed by atoms with E-state index in [0.717, 1.165) is 17.5 Å². The third-order valence-corrected chi connectivity index (χ3v) is 3.55. The molecule has 140 valence electrons. The monoisotopic (exact) mass is 360 g/mol. The molecule has 0 aromatic carbocycles. The van der Waals surface area contributed by atoms with Crippen LogP contribution < -0.4 is 5.32 Å². The predicted octanol–water partition coefficient (Wildman–Crippen LogP) is 2.28. The number of aromatic nitrogens is 2. The number of likely N-dealkylation sites (N-methyl/N-ethyl adjacent to an activating group) is 1. The zero-order valence-electron chi connectivity index (χ0n) is 14.6. The summed E-state index contributed by atoms with van der Waals surface area (Å²) in [6, 6.07) is -0.500. The van der Waals surface area contributed by atoms with Crippen LogP contribution in [0.25, 0.3) is 6.08 Å². The second kappa shape index (κ2) is 8.68. The van der Waals surface area contributed by atoms with Crippen LogP contribution in [0.15, 0.2) is 12.3 Å². The third-order valence-electron chi connectivity index (χ3n) is 3.55. The van der Waals surface area contributed by atoms with Gasteiger partial charge in [-0.1, -0.05) is 0 Å². The Kier molecular flexibility index (Phi) is 7.20. The van der Waals surface area contributed by atoms with Crippen molar-refractivity contribution >= 4 is 17.9 Å². The Morgan fingerprint density at radius 3 is 2.52 bits per heavy atom. The van der Waals surface area contributed by atoms with Crippen molar-refractivity contribution in [3.05, 3.63) is 23.8 Å². The van der Waals surface area contributed by atoms with E-state index in [-0.39, 0.29) is 13.1 Å². The standard InChI is InChI=1S/C16H23F3N4O2/c1-5-23(15(25)12(4)16(17,18)19)9-11(3)22-14(24)7-6-13-20-8-10(2)21-13/h6-8,11-12H,5,9H2,1-4H3,(H,20,21)(H,22,24)/b7-6+. The Bertz CT molecular complexity index is 625. The van der Waals surface area contributed by atoms with Gasteiger partial charge in [0.1, 0.15) is 11.7 Å². The van der Waals surface area contributed by atoms with Gasteiger partial charge in [-0.15, -0.1) is 0 Å². The fourth-order valence-corrected chi connectivity index (χ4v) is 2.13. The number of carbonyl (C=O) groups is 2. The lowest BCUT2D eigenvalue weighted by atomic mass is 10.1. The molecule has 0 fully saturated rings. The Morgan fingerprint density at radius 1 is 1.40 bits per heavy atom. The SMILES string of the molecule is CCN(CC(C)NC(=O)/C=C/c1ncc(C)[nH]1)C(=O)C(C)C(F)(F)F. The molecule has 6 nitrogen and oxygen atoms in total. The number of hydrogen-bond donors (Lipinski definition) is 2. The summed E-state index contributed by atoms with van der Waals surface area (Å²) in [4.78, 5) is 31.8. The number of alkyl halides is 3. The van der Waals surface area contributed by atoms with Gasteiger partial charge in [0, 0.05) is 37.1 Å². The van der Waals surface area contributed by atoms with Crippen molar-refractivity contribution < 1.29 is 22.8 Å². The minimum Gasteiger partial charge on any atom is -0.348 e. The number of carbonyl (C=O) groups excluding carboxylic acids is 2. The average molecular weight is 360 g/mol. The minimum absolute atomic E-state index is 0.00477. The van der Waals surface area contributed by atoms with Crippen molar-refractivity contribution in [2.75, 3.05) is 13.1 Å². The highest BCUT2D eigenvalue weighted by atomic mass is 19.4. The average Bonchev–Trinajstić information content (AvgIpc) is 2.93. The van der Waals surface area contributed by atoms with Gasteiger partial charge in [-0.2, -0.15) is 13.2 Å². The first-order valence-corrected chi connectivity index (χ1v) is 7.90. The molecule has 0 spiro atoms. The Labute approximate surface area is 144 Å². The van der Waals surface area contributed by atoms with Crippen LogP contribution in [0.1, 0.15) is 32.3 Å². The van der Waals surface area contributed by atoms with Crippen LogP contribution in [-0.2, 0) is 9.59 Å². The van der Waals surface area contributed by atoms with Gasteiger partial charge in [-0.25, -0.2) is 4.98 Å². The van der Waals surface area contributed by atoms with Crippen LogP contribution in [0, 0.1) is 12.8 Å². The molecule has 1 heterocycles. The topological polar surface area (TPSA) is 78.1 Å². The van der Waals surface area contributed by atoms with Crippen molar-refractivity contribution in [1.29, 1.82) is 0 Å². The number of rotatable bonds is 7. The number of amides is 2. The lowest BCUT2D eigenvalue weighted by Gasteiger charge is -2.28. The fraction of sp³-hybridized carbons (Fsp3) is 0.562. The fourth-order valence-electron chi connectivity index (χ4n) is 2.13. The van der Waals surface area contributed by atoms with E-state index >= 15 is 0 Å². The van der Waals surface area contributed by atoms with Crippen LogP contribution in [0.5, 0.6) is 0 Å². The van der Waals surface area contributed by atoms with Gasteiger partial charge < -0.3 is 15.2 Å². The van der Waals surface area contributed by atoms with Crippen molar-refractivity contribution in [3.8, 4) is 0 Å². The molecule has 0 aliphatic carbocycles. The first-order valence-electron chi connectivity index (χ1n) is 7.90. The van der Waals surface area contributed by atoms with Crippen molar-refractivity contribution in [2.45, 2.75) is 39.9 Å². The Hall–Kier alpha value is -2.32. The van der Waals surface area contributed by atoms with Crippen molar-refractivity contribution in [1.82, 2.24) is 20.2 Å². The van der Waals surface area contributed by atoms with Crippen LogP contribution in [-0.4, -0.2) is 52.0 Å². The molecule has 1 aromatic rings. The van der Waals surface area contributed by atoms with Gasteiger partial charge in [0.05, 0.1) is 0 Å². The maximum Gasteiger partial charge on any atom is 0.400 e. The van der Waals surface area contributed by atoms with Crippen LogP contribution in [0.4, 0.5) is 13.2 Å². The Balaban J connectivity index is 2.58. The predicted molar refractivity (Wildman–Crippen MR) is 87.4 cm³/mol. The molecule has 2 unspecified atom stereocenters. The van der Waals surface area contributed by atoms with E-state index in [0.29, 0.717) is 5.82 Å². The summed E-state index contributed by atoms with van der Waals surface area (Å²) in [5, 5.41) is 2.61. The third kappa shape index (κ3) is 6.60. The zero-order valence-corrected chi connectivity index (χ0v) is 14.6. The molecule has 25 heavy (non-hydrogen) atoms. The summed E-state index contributed by atoms with van der Waals surface area (Å²) in [5.74, 6) is -2.98. The summed E-state index contributed by atoms with van der Waals surface area (Å²) in [6.45, 7) is 5.99.